The van der Waals surface area contributed by atoms with Crippen molar-refractivity contribution in [2.75, 3.05) is 6.26 Å². The Hall–Kier alpha value is -1.33. The molecule has 1 amide bonds. The predicted octanol–water partition coefficient (Wildman–Crippen LogP) is 4.80. The molecule has 0 aliphatic rings. The highest BCUT2D eigenvalue weighted by Crippen LogP contribution is 2.21. The third-order valence-corrected chi connectivity index (χ3v) is 4.57. The van der Waals surface area contributed by atoms with Crippen molar-refractivity contribution in [3.63, 3.8) is 0 Å². The van der Waals surface area contributed by atoms with Gasteiger partial charge in [-0.3, -0.25) is 4.79 Å². The Labute approximate surface area is 136 Å². The van der Waals surface area contributed by atoms with Gasteiger partial charge in [-0.2, -0.15) is 0 Å². The van der Waals surface area contributed by atoms with Crippen LogP contribution in [0.5, 0.6) is 0 Å². The zero-order valence-corrected chi connectivity index (χ0v) is 14.1. The molecule has 1 atom stereocenters. The molecule has 0 heterocycles. The summed E-state index contributed by atoms with van der Waals surface area (Å²) in [5.74, 6) is -0.733. The van der Waals surface area contributed by atoms with Crippen molar-refractivity contribution in [1.82, 2.24) is 5.32 Å². The number of hydrogen-bond donors (Lipinski definition) is 1. The Morgan fingerprint density at radius 1 is 1.24 bits per heavy atom. The number of hydrogen-bond acceptors (Lipinski definition) is 2. The molecule has 0 aromatic heterocycles. The monoisotopic (exact) mass is 367 g/mol. The van der Waals surface area contributed by atoms with Crippen LogP contribution < -0.4 is 5.32 Å². The number of nitrogens with one attached hydrogen (secondary N) is 1. The minimum Gasteiger partial charge on any atom is -0.345 e. The first-order valence-electron chi connectivity index (χ1n) is 6.41. The van der Waals surface area contributed by atoms with Crippen LogP contribution in [0.3, 0.4) is 0 Å². The Balaban J connectivity index is 2.12. The second-order valence-corrected chi connectivity index (χ2v) is 6.33. The average molecular weight is 368 g/mol. The summed E-state index contributed by atoms with van der Waals surface area (Å²) in [6.07, 6.45) is 2.02. The van der Waals surface area contributed by atoms with E-state index in [4.69, 9.17) is 0 Å². The number of carbonyl (C=O) groups excluding carboxylic acids is 1. The van der Waals surface area contributed by atoms with E-state index in [9.17, 15) is 9.18 Å². The van der Waals surface area contributed by atoms with Crippen molar-refractivity contribution in [3.05, 3.63) is 63.9 Å². The van der Waals surface area contributed by atoms with E-state index in [0.29, 0.717) is 10.0 Å². The molecule has 0 unspecified atom stereocenters. The van der Waals surface area contributed by atoms with E-state index in [0.717, 1.165) is 5.56 Å². The standard InChI is InChI=1S/C16H15BrFNOS/c1-10(11-3-6-13(21-2)7-4-11)19-16(20)14-9-12(18)5-8-15(14)17/h3-10H,1-2H3,(H,19,20)/t10-/m0/s1. The number of benzene rings is 2. The fraction of sp³-hybridized carbons (Fsp3) is 0.188. The quantitative estimate of drug-likeness (QED) is 0.786. The molecular weight excluding hydrogens is 353 g/mol. The van der Waals surface area contributed by atoms with E-state index in [1.54, 1.807) is 11.8 Å². The third kappa shape index (κ3) is 4.08. The minimum absolute atomic E-state index is 0.149. The van der Waals surface area contributed by atoms with Crippen molar-refractivity contribution in [3.8, 4) is 0 Å². The van der Waals surface area contributed by atoms with E-state index in [1.165, 1.54) is 23.1 Å². The van der Waals surface area contributed by atoms with Crippen LogP contribution in [0.2, 0.25) is 0 Å². The zero-order valence-electron chi connectivity index (χ0n) is 11.7. The van der Waals surface area contributed by atoms with Crippen LogP contribution in [0.4, 0.5) is 4.39 Å². The van der Waals surface area contributed by atoms with Crippen molar-refractivity contribution >= 4 is 33.6 Å². The van der Waals surface area contributed by atoms with Crippen LogP contribution in [0, 0.1) is 5.82 Å². The number of thioether (sulfide) groups is 1. The Morgan fingerprint density at radius 2 is 1.90 bits per heavy atom. The number of amides is 1. The summed E-state index contributed by atoms with van der Waals surface area (Å²) >= 11 is 4.93. The molecule has 5 heteroatoms. The molecule has 0 aliphatic carbocycles. The minimum atomic E-state index is -0.430. The fourth-order valence-electron chi connectivity index (χ4n) is 1.92. The van der Waals surface area contributed by atoms with Crippen LogP contribution >= 0.6 is 27.7 Å². The lowest BCUT2D eigenvalue weighted by Gasteiger charge is -2.15. The lowest BCUT2D eigenvalue weighted by Crippen LogP contribution is -2.27. The van der Waals surface area contributed by atoms with Gasteiger partial charge in [0.25, 0.3) is 5.91 Å². The highest BCUT2D eigenvalue weighted by Gasteiger charge is 2.14. The van der Waals surface area contributed by atoms with Crippen molar-refractivity contribution in [1.29, 1.82) is 0 Å². The summed E-state index contributed by atoms with van der Waals surface area (Å²) in [7, 11) is 0. The van der Waals surface area contributed by atoms with E-state index in [2.05, 4.69) is 21.2 Å². The molecule has 1 N–H and O–H groups in total. The molecule has 110 valence electrons. The van der Waals surface area contributed by atoms with Crippen LogP contribution in [0.25, 0.3) is 0 Å². The second-order valence-electron chi connectivity index (χ2n) is 4.59. The average Bonchev–Trinajstić information content (AvgIpc) is 2.49. The van der Waals surface area contributed by atoms with Gasteiger partial charge in [0.05, 0.1) is 11.6 Å². The molecule has 2 aromatic rings. The van der Waals surface area contributed by atoms with Crippen LogP contribution in [-0.2, 0) is 0 Å². The maximum Gasteiger partial charge on any atom is 0.253 e. The van der Waals surface area contributed by atoms with Crippen LogP contribution in [-0.4, -0.2) is 12.2 Å². The van der Waals surface area contributed by atoms with E-state index >= 15 is 0 Å². The molecule has 0 saturated heterocycles. The first-order chi connectivity index (χ1) is 10.0. The number of rotatable bonds is 4. The van der Waals surface area contributed by atoms with Crippen molar-refractivity contribution in [2.24, 2.45) is 0 Å². The van der Waals surface area contributed by atoms with Gasteiger partial charge >= 0.3 is 0 Å². The van der Waals surface area contributed by atoms with E-state index in [-0.39, 0.29) is 11.9 Å². The Kier molecular flexibility index (Phi) is 5.42. The normalized spacial score (nSPS) is 12.0. The summed E-state index contributed by atoms with van der Waals surface area (Å²) < 4.78 is 13.8. The fourth-order valence-corrected chi connectivity index (χ4v) is 2.76. The summed E-state index contributed by atoms with van der Waals surface area (Å²) in [6.45, 7) is 1.90. The molecule has 0 bridgehead atoms. The molecule has 21 heavy (non-hydrogen) atoms. The van der Waals surface area contributed by atoms with Gasteiger partial charge in [-0.1, -0.05) is 12.1 Å². The first kappa shape index (κ1) is 16.0. The topological polar surface area (TPSA) is 29.1 Å². The Bertz CT molecular complexity index is 645. The van der Waals surface area contributed by atoms with Gasteiger partial charge in [-0.15, -0.1) is 11.8 Å². The second kappa shape index (κ2) is 7.09. The van der Waals surface area contributed by atoms with Crippen molar-refractivity contribution in [2.45, 2.75) is 17.9 Å². The first-order valence-corrected chi connectivity index (χ1v) is 8.43. The molecule has 2 aromatic carbocycles. The summed E-state index contributed by atoms with van der Waals surface area (Å²) in [6, 6.07) is 11.9. The molecule has 0 spiro atoms. The maximum atomic E-state index is 13.2. The highest BCUT2D eigenvalue weighted by molar-refractivity contribution is 9.10. The van der Waals surface area contributed by atoms with Crippen LogP contribution in [0.1, 0.15) is 28.9 Å². The highest BCUT2D eigenvalue weighted by atomic mass is 79.9. The van der Waals surface area contributed by atoms with Crippen molar-refractivity contribution < 1.29 is 9.18 Å². The zero-order chi connectivity index (χ0) is 15.4. The molecule has 0 radical (unpaired) electrons. The molecule has 0 aliphatic heterocycles. The van der Waals surface area contributed by atoms with E-state index < -0.39 is 5.82 Å². The molecular formula is C16H15BrFNOS. The molecule has 0 saturated carbocycles. The smallest absolute Gasteiger partial charge is 0.253 e. The molecule has 2 nitrogen and oxygen atoms in total. The van der Waals surface area contributed by atoms with E-state index in [1.807, 2.05) is 37.4 Å². The van der Waals surface area contributed by atoms with Gasteiger partial charge in [0.2, 0.25) is 0 Å². The van der Waals surface area contributed by atoms with Crippen LogP contribution in [0.15, 0.2) is 51.8 Å². The maximum absolute atomic E-state index is 13.2. The molecule has 2 rings (SSSR count). The summed E-state index contributed by atoms with van der Waals surface area (Å²) in [4.78, 5) is 13.4. The lowest BCUT2D eigenvalue weighted by molar-refractivity contribution is 0.0938. The van der Waals surface area contributed by atoms with Gasteiger partial charge in [-0.05, 0) is 65.0 Å². The summed E-state index contributed by atoms with van der Waals surface area (Å²) in [5, 5.41) is 2.88. The van der Waals surface area contributed by atoms with Gasteiger partial charge in [0.15, 0.2) is 0 Å². The lowest BCUT2D eigenvalue weighted by atomic mass is 10.1. The number of carbonyl (C=O) groups is 1. The number of halogens is 2. The third-order valence-electron chi connectivity index (χ3n) is 3.14. The van der Waals surface area contributed by atoms with Gasteiger partial charge in [0.1, 0.15) is 5.82 Å². The SMILES string of the molecule is CSc1ccc([C@H](C)NC(=O)c2cc(F)ccc2Br)cc1. The largest absolute Gasteiger partial charge is 0.345 e. The van der Waals surface area contributed by atoms with Gasteiger partial charge < -0.3 is 5.32 Å². The predicted molar refractivity (Wildman–Crippen MR) is 88.2 cm³/mol. The summed E-state index contributed by atoms with van der Waals surface area (Å²) in [5.41, 5.74) is 1.30. The van der Waals surface area contributed by atoms with Gasteiger partial charge in [0, 0.05) is 9.37 Å². The van der Waals surface area contributed by atoms with Gasteiger partial charge in [-0.25, -0.2) is 4.39 Å². The molecule has 0 fully saturated rings. The Morgan fingerprint density at radius 3 is 2.52 bits per heavy atom.